The maximum atomic E-state index is 11.3. The number of pyridine rings is 1. The van der Waals surface area contributed by atoms with E-state index < -0.39 is 0 Å². The van der Waals surface area contributed by atoms with E-state index in [9.17, 15) is 9.59 Å². The number of hydrogen-bond acceptors (Lipinski definition) is 5. The fraction of sp³-hybridized carbons (Fsp3) is 0.250. The zero-order valence-corrected chi connectivity index (χ0v) is 10.3. The molecule has 6 heteroatoms. The molecule has 0 aliphatic carbocycles. The van der Waals surface area contributed by atoms with Crippen molar-refractivity contribution >= 4 is 23.3 Å². The lowest BCUT2D eigenvalue weighted by atomic mass is 10.1. The first kappa shape index (κ1) is 13.7. The molecule has 18 heavy (non-hydrogen) atoms. The lowest BCUT2D eigenvalue weighted by molar-refractivity contribution is -0.138. The van der Waals surface area contributed by atoms with E-state index in [1.54, 1.807) is 12.1 Å². The van der Waals surface area contributed by atoms with Gasteiger partial charge in [-0.15, -0.1) is 0 Å². The van der Waals surface area contributed by atoms with Gasteiger partial charge in [-0.05, 0) is 12.1 Å². The average molecular weight is 249 g/mol. The monoisotopic (exact) mass is 249 g/mol. The van der Waals surface area contributed by atoms with Crippen molar-refractivity contribution in [1.29, 1.82) is 0 Å². The summed E-state index contributed by atoms with van der Waals surface area (Å²) in [5, 5.41) is 5.27. The van der Waals surface area contributed by atoms with Crippen LogP contribution in [0.15, 0.2) is 24.9 Å². The van der Waals surface area contributed by atoms with E-state index in [2.05, 4.69) is 26.9 Å². The number of hydrogen-bond donors (Lipinski definition) is 2. The maximum absolute atomic E-state index is 11.3. The first-order valence-corrected chi connectivity index (χ1v) is 5.26. The highest BCUT2D eigenvalue weighted by molar-refractivity contribution is 6.18. The average Bonchev–Trinajstić information content (AvgIpc) is 2.43. The normalized spacial score (nSPS) is 9.44. The Morgan fingerprint density at radius 2 is 2.17 bits per heavy atom. The molecule has 96 valence electrons. The van der Waals surface area contributed by atoms with E-state index in [0.29, 0.717) is 17.0 Å². The first-order valence-electron chi connectivity index (χ1n) is 5.26. The zero-order valence-electron chi connectivity index (χ0n) is 10.3. The SMILES string of the molecule is C=C(C(=O)NC)c1ccc(NCC(=O)OC)nc1. The predicted octanol–water partition coefficient (Wildman–Crippen LogP) is 0.426. The molecule has 0 bridgehead atoms. The highest BCUT2D eigenvalue weighted by atomic mass is 16.5. The lowest BCUT2D eigenvalue weighted by Crippen LogP contribution is -2.19. The minimum absolute atomic E-state index is 0.0409. The molecule has 0 aliphatic heterocycles. The first-order chi connectivity index (χ1) is 8.58. The number of nitrogens with zero attached hydrogens (tertiary/aromatic N) is 1. The van der Waals surface area contributed by atoms with E-state index in [4.69, 9.17) is 0 Å². The van der Waals surface area contributed by atoms with Crippen molar-refractivity contribution in [3.63, 3.8) is 0 Å². The van der Waals surface area contributed by atoms with Crippen molar-refractivity contribution in [2.45, 2.75) is 0 Å². The predicted molar refractivity (Wildman–Crippen MR) is 67.8 cm³/mol. The molecule has 0 fully saturated rings. The maximum Gasteiger partial charge on any atom is 0.325 e. The van der Waals surface area contributed by atoms with E-state index in [0.717, 1.165) is 0 Å². The van der Waals surface area contributed by atoms with Crippen molar-refractivity contribution in [1.82, 2.24) is 10.3 Å². The molecule has 2 N–H and O–H groups in total. The van der Waals surface area contributed by atoms with Gasteiger partial charge in [-0.3, -0.25) is 9.59 Å². The Morgan fingerprint density at radius 3 is 2.67 bits per heavy atom. The van der Waals surface area contributed by atoms with Gasteiger partial charge in [-0.2, -0.15) is 0 Å². The van der Waals surface area contributed by atoms with Gasteiger partial charge in [0.15, 0.2) is 0 Å². The highest BCUT2D eigenvalue weighted by Gasteiger charge is 2.08. The summed E-state index contributed by atoms with van der Waals surface area (Å²) in [6.45, 7) is 3.71. The van der Waals surface area contributed by atoms with Crippen molar-refractivity contribution in [3.8, 4) is 0 Å². The molecule has 1 heterocycles. The number of rotatable bonds is 5. The van der Waals surface area contributed by atoms with E-state index in [1.165, 1.54) is 20.4 Å². The molecule has 0 aliphatic rings. The molecule has 0 atom stereocenters. The summed E-state index contributed by atoms with van der Waals surface area (Å²) < 4.78 is 4.48. The smallest absolute Gasteiger partial charge is 0.325 e. The number of likely N-dealkylation sites (N-methyl/N-ethyl adjacent to an activating group) is 1. The standard InChI is InChI=1S/C12H15N3O3/c1-8(12(17)13-2)9-4-5-10(14-6-9)15-7-11(16)18-3/h4-6H,1,7H2,2-3H3,(H,13,17)(H,14,15). The van der Waals surface area contributed by atoms with Gasteiger partial charge < -0.3 is 15.4 Å². The minimum Gasteiger partial charge on any atom is -0.468 e. The summed E-state index contributed by atoms with van der Waals surface area (Å²) in [7, 11) is 2.85. The molecule has 1 amide bonds. The summed E-state index contributed by atoms with van der Waals surface area (Å²) in [4.78, 5) is 26.3. The van der Waals surface area contributed by atoms with E-state index in [-0.39, 0.29) is 18.4 Å². The van der Waals surface area contributed by atoms with Crippen LogP contribution in [0.1, 0.15) is 5.56 Å². The second-order valence-corrected chi connectivity index (χ2v) is 3.42. The van der Waals surface area contributed by atoms with Crippen molar-refractivity contribution in [2.75, 3.05) is 26.0 Å². The van der Waals surface area contributed by atoms with E-state index >= 15 is 0 Å². The number of carbonyl (C=O) groups is 2. The van der Waals surface area contributed by atoms with Gasteiger partial charge in [0, 0.05) is 24.4 Å². The molecular formula is C12H15N3O3. The zero-order chi connectivity index (χ0) is 13.5. The van der Waals surface area contributed by atoms with E-state index in [1.807, 2.05) is 0 Å². The fourth-order valence-electron chi connectivity index (χ4n) is 1.19. The second-order valence-electron chi connectivity index (χ2n) is 3.42. The fourth-order valence-corrected chi connectivity index (χ4v) is 1.19. The van der Waals surface area contributed by atoms with Gasteiger partial charge in [0.25, 0.3) is 5.91 Å². The third kappa shape index (κ3) is 3.58. The molecule has 0 radical (unpaired) electrons. The summed E-state index contributed by atoms with van der Waals surface area (Å²) in [6, 6.07) is 3.36. The van der Waals surface area contributed by atoms with Crippen LogP contribution in [0.4, 0.5) is 5.82 Å². The number of aromatic nitrogens is 1. The molecule has 1 aromatic heterocycles. The van der Waals surface area contributed by atoms with Gasteiger partial charge in [0.1, 0.15) is 12.4 Å². The second kappa shape index (κ2) is 6.39. The van der Waals surface area contributed by atoms with Gasteiger partial charge >= 0.3 is 5.97 Å². The van der Waals surface area contributed by atoms with Gasteiger partial charge in [0.05, 0.1) is 7.11 Å². The van der Waals surface area contributed by atoms with Gasteiger partial charge in [-0.25, -0.2) is 4.98 Å². The van der Waals surface area contributed by atoms with Crippen LogP contribution in [-0.2, 0) is 14.3 Å². The third-order valence-corrected chi connectivity index (χ3v) is 2.25. The summed E-state index contributed by atoms with van der Waals surface area (Å²) >= 11 is 0. The summed E-state index contributed by atoms with van der Waals surface area (Å²) in [6.07, 6.45) is 1.51. The molecule has 0 saturated carbocycles. The van der Waals surface area contributed by atoms with Crippen LogP contribution in [0.5, 0.6) is 0 Å². The molecule has 1 aromatic rings. The molecular weight excluding hydrogens is 234 g/mol. The number of ether oxygens (including phenoxy) is 1. The van der Waals surface area contributed by atoms with Crippen molar-refractivity contribution in [3.05, 3.63) is 30.5 Å². The Hall–Kier alpha value is -2.37. The van der Waals surface area contributed by atoms with Crippen LogP contribution in [0.25, 0.3) is 5.57 Å². The molecule has 0 aromatic carbocycles. The van der Waals surface area contributed by atoms with Crippen LogP contribution < -0.4 is 10.6 Å². The molecule has 1 rings (SSSR count). The number of amides is 1. The Bertz CT molecular complexity index is 454. The van der Waals surface area contributed by atoms with Crippen LogP contribution in [0.3, 0.4) is 0 Å². The molecule has 6 nitrogen and oxygen atoms in total. The van der Waals surface area contributed by atoms with Crippen molar-refractivity contribution < 1.29 is 14.3 Å². The molecule has 0 unspecified atom stereocenters. The number of carbonyl (C=O) groups excluding carboxylic acids is 2. The summed E-state index contributed by atoms with van der Waals surface area (Å²) in [5.74, 6) is -0.114. The van der Waals surface area contributed by atoms with Crippen molar-refractivity contribution in [2.24, 2.45) is 0 Å². The largest absolute Gasteiger partial charge is 0.468 e. The van der Waals surface area contributed by atoms with Crippen LogP contribution in [0.2, 0.25) is 0 Å². The Kier molecular flexibility index (Phi) is 4.86. The third-order valence-electron chi connectivity index (χ3n) is 2.25. The van der Waals surface area contributed by atoms with Crippen LogP contribution in [-0.4, -0.2) is 37.6 Å². The number of nitrogens with one attached hydrogen (secondary N) is 2. The quantitative estimate of drug-likeness (QED) is 0.584. The topological polar surface area (TPSA) is 80.3 Å². The van der Waals surface area contributed by atoms with Gasteiger partial charge in [0.2, 0.25) is 0 Å². The summed E-state index contributed by atoms with van der Waals surface area (Å²) in [5.41, 5.74) is 0.961. The number of methoxy groups -OCH3 is 1. The number of anilines is 1. The minimum atomic E-state index is -0.379. The van der Waals surface area contributed by atoms with Crippen LogP contribution >= 0.6 is 0 Å². The lowest BCUT2D eigenvalue weighted by Gasteiger charge is -2.06. The Balaban J connectivity index is 2.65. The molecule has 0 spiro atoms. The Morgan fingerprint density at radius 1 is 1.44 bits per heavy atom. The number of esters is 1. The highest BCUT2D eigenvalue weighted by Crippen LogP contribution is 2.13. The van der Waals surface area contributed by atoms with Crippen LogP contribution in [0, 0.1) is 0 Å². The molecule has 0 saturated heterocycles. The van der Waals surface area contributed by atoms with Gasteiger partial charge in [-0.1, -0.05) is 6.58 Å². The Labute approximate surface area is 105 Å².